The average Bonchev–Trinajstić information content (AvgIpc) is 2.33. The number of hydrogen-bond donors (Lipinski definition) is 1. The predicted molar refractivity (Wildman–Crippen MR) is 67.7 cm³/mol. The molecule has 0 atom stereocenters. The van der Waals surface area contributed by atoms with Crippen molar-refractivity contribution in [2.24, 2.45) is 0 Å². The maximum absolute atomic E-state index is 11.2. The van der Waals surface area contributed by atoms with Gasteiger partial charge in [0.2, 0.25) is 0 Å². The maximum Gasteiger partial charge on any atom is 0.159 e. The molecule has 92 valence electrons. The van der Waals surface area contributed by atoms with Gasteiger partial charge in [0.25, 0.3) is 0 Å². The molecule has 0 spiro atoms. The van der Waals surface area contributed by atoms with Gasteiger partial charge in [0.1, 0.15) is 11.9 Å². The monoisotopic (exact) mass is 233 g/mol. The zero-order valence-corrected chi connectivity index (χ0v) is 10.5. The van der Waals surface area contributed by atoms with Gasteiger partial charge in [-0.15, -0.1) is 0 Å². The van der Waals surface area contributed by atoms with Gasteiger partial charge < -0.3 is 10.1 Å². The Morgan fingerprint density at radius 3 is 2.65 bits per heavy atom. The Labute approximate surface area is 102 Å². The molecule has 0 unspecified atom stereocenters. The van der Waals surface area contributed by atoms with Gasteiger partial charge in [-0.3, -0.25) is 4.79 Å². The van der Waals surface area contributed by atoms with Gasteiger partial charge in [-0.2, -0.15) is 0 Å². The average molecular weight is 233 g/mol. The van der Waals surface area contributed by atoms with E-state index in [2.05, 4.69) is 5.32 Å². The third kappa shape index (κ3) is 3.07. The van der Waals surface area contributed by atoms with Crippen LogP contribution in [0.2, 0.25) is 0 Å². The molecule has 1 aliphatic rings. The van der Waals surface area contributed by atoms with Crippen molar-refractivity contribution in [3.8, 4) is 5.75 Å². The lowest BCUT2D eigenvalue weighted by Crippen LogP contribution is -2.34. The minimum Gasteiger partial charge on any atom is -0.490 e. The number of ether oxygens (including phenoxy) is 1. The summed E-state index contributed by atoms with van der Waals surface area (Å²) in [6, 6.07) is 5.65. The molecule has 3 heteroatoms. The number of nitrogens with one attached hydrogen (secondary N) is 1. The standard InChI is InChI=1S/C14H19NO2/c1-10-9-12(11(2)16)3-4-14(10)17-13-5-7-15-8-6-13/h3-4,9,13,15H,5-8H2,1-2H3. The molecule has 1 aromatic rings. The van der Waals surface area contributed by atoms with Crippen molar-refractivity contribution in [3.63, 3.8) is 0 Å². The fourth-order valence-corrected chi connectivity index (χ4v) is 2.09. The van der Waals surface area contributed by atoms with Gasteiger partial charge >= 0.3 is 0 Å². The van der Waals surface area contributed by atoms with Crippen LogP contribution in [0.4, 0.5) is 0 Å². The maximum atomic E-state index is 11.2. The SMILES string of the molecule is CC(=O)c1ccc(OC2CCNCC2)c(C)c1. The Morgan fingerprint density at radius 2 is 2.06 bits per heavy atom. The van der Waals surface area contributed by atoms with E-state index >= 15 is 0 Å². The van der Waals surface area contributed by atoms with Gasteiger partial charge in [-0.05, 0) is 63.5 Å². The van der Waals surface area contributed by atoms with Crippen LogP contribution in [0.15, 0.2) is 18.2 Å². The summed E-state index contributed by atoms with van der Waals surface area (Å²) < 4.78 is 5.97. The van der Waals surface area contributed by atoms with E-state index in [4.69, 9.17) is 4.74 Å². The van der Waals surface area contributed by atoms with Crippen molar-refractivity contribution < 1.29 is 9.53 Å². The van der Waals surface area contributed by atoms with Crippen LogP contribution in [0.5, 0.6) is 5.75 Å². The number of Topliss-reactive ketones (excluding diaryl/α,β-unsaturated/α-hetero) is 1. The van der Waals surface area contributed by atoms with Gasteiger partial charge in [0, 0.05) is 5.56 Å². The summed E-state index contributed by atoms with van der Waals surface area (Å²) in [4.78, 5) is 11.2. The lowest BCUT2D eigenvalue weighted by Gasteiger charge is -2.24. The number of carbonyl (C=O) groups is 1. The van der Waals surface area contributed by atoms with E-state index in [1.807, 2.05) is 25.1 Å². The first-order valence-electron chi connectivity index (χ1n) is 6.16. The molecule has 1 aromatic carbocycles. The normalized spacial score (nSPS) is 16.8. The van der Waals surface area contributed by atoms with Gasteiger partial charge in [-0.1, -0.05) is 0 Å². The molecule has 0 saturated carbocycles. The van der Waals surface area contributed by atoms with E-state index < -0.39 is 0 Å². The highest BCUT2D eigenvalue weighted by Crippen LogP contribution is 2.22. The molecule has 2 rings (SSSR count). The molecule has 0 radical (unpaired) electrons. The second kappa shape index (κ2) is 5.32. The minimum atomic E-state index is 0.0986. The van der Waals surface area contributed by atoms with Crippen LogP contribution < -0.4 is 10.1 Å². The Kier molecular flexibility index (Phi) is 3.79. The largest absolute Gasteiger partial charge is 0.490 e. The molecule has 17 heavy (non-hydrogen) atoms. The van der Waals surface area contributed by atoms with E-state index in [1.54, 1.807) is 6.92 Å². The molecule has 1 heterocycles. The molecule has 3 nitrogen and oxygen atoms in total. The zero-order chi connectivity index (χ0) is 12.3. The van der Waals surface area contributed by atoms with Crippen molar-refractivity contribution in [2.45, 2.75) is 32.8 Å². The van der Waals surface area contributed by atoms with Crippen LogP contribution in [0.1, 0.15) is 35.7 Å². The molecule has 0 aliphatic carbocycles. The summed E-state index contributed by atoms with van der Waals surface area (Å²) in [7, 11) is 0. The summed E-state index contributed by atoms with van der Waals surface area (Å²) in [5.74, 6) is 1.00. The summed E-state index contributed by atoms with van der Waals surface area (Å²) >= 11 is 0. The third-order valence-electron chi connectivity index (χ3n) is 3.16. The van der Waals surface area contributed by atoms with Crippen LogP contribution in [0.3, 0.4) is 0 Å². The van der Waals surface area contributed by atoms with Gasteiger partial charge in [-0.25, -0.2) is 0 Å². The summed E-state index contributed by atoms with van der Waals surface area (Å²) in [6.07, 6.45) is 2.40. The van der Waals surface area contributed by atoms with Crippen molar-refractivity contribution >= 4 is 5.78 Å². The summed E-state index contributed by atoms with van der Waals surface area (Å²) in [6.45, 7) is 5.62. The topological polar surface area (TPSA) is 38.3 Å². The number of rotatable bonds is 3. The van der Waals surface area contributed by atoms with Crippen LogP contribution in [0, 0.1) is 6.92 Å². The highest BCUT2D eigenvalue weighted by atomic mass is 16.5. The number of piperidine rings is 1. The highest BCUT2D eigenvalue weighted by Gasteiger charge is 2.15. The number of benzene rings is 1. The molecular formula is C14H19NO2. The molecule has 0 amide bonds. The van der Waals surface area contributed by atoms with Gasteiger partial charge in [0.15, 0.2) is 5.78 Å². The molecule has 1 fully saturated rings. The fourth-order valence-electron chi connectivity index (χ4n) is 2.09. The van der Waals surface area contributed by atoms with E-state index in [0.717, 1.165) is 42.8 Å². The van der Waals surface area contributed by atoms with Crippen LogP contribution in [-0.2, 0) is 0 Å². The quantitative estimate of drug-likeness (QED) is 0.814. The number of ketones is 1. The molecule has 1 aliphatic heterocycles. The highest BCUT2D eigenvalue weighted by molar-refractivity contribution is 5.94. The lowest BCUT2D eigenvalue weighted by molar-refractivity contribution is 0.101. The van der Waals surface area contributed by atoms with Crippen molar-refractivity contribution in [1.82, 2.24) is 5.32 Å². The Hall–Kier alpha value is -1.35. The van der Waals surface area contributed by atoms with E-state index in [1.165, 1.54) is 0 Å². The van der Waals surface area contributed by atoms with Gasteiger partial charge in [0.05, 0.1) is 0 Å². The smallest absolute Gasteiger partial charge is 0.159 e. The first-order chi connectivity index (χ1) is 8.16. The zero-order valence-electron chi connectivity index (χ0n) is 10.5. The molecule has 0 bridgehead atoms. The Morgan fingerprint density at radius 1 is 1.35 bits per heavy atom. The lowest BCUT2D eigenvalue weighted by atomic mass is 10.1. The first kappa shape index (κ1) is 12.1. The van der Waals surface area contributed by atoms with Crippen molar-refractivity contribution in [3.05, 3.63) is 29.3 Å². The number of hydrogen-bond acceptors (Lipinski definition) is 3. The summed E-state index contributed by atoms with van der Waals surface area (Å²) in [5, 5.41) is 3.31. The van der Waals surface area contributed by atoms with Crippen molar-refractivity contribution in [1.29, 1.82) is 0 Å². The fraction of sp³-hybridized carbons (Fsp3) is 0.500. The second-order valence-electron chi connectivity index (χ2n) is 4.60. The van der Waals surface area contributed by atoms with Crippen LogP contribution >= 0.6 is 0 Å². The second-order valence-corrected chi connectivity index (χ2v) is 4.60. The van der Waals surface area contributed by atoms with E-state index in [9.17, 15) is 4.79 Å². The van der Waals surface area contributed by atoms with Crippen LogP contribution in [0.25, 0.3) is 0 Å². The van der Waals surface area contributed by atoms with Crippen LogP contribution in [-0.4, -0.2) is 25.0 Å². The minimum absolute atomic E-state index is 0.0986. The summed E-state index contributed by atoms with van der Waals surface area (Å²) in [5.41, 5.74) is 1.79. The molecule has 1 saturated heterocycles. The van der Waals surface area contributed by atoms with Crippen molar-refractivity contribution in [2.75, 3.05) is 13.1 Å². The Bertz CT molecular complexity index is 409. The van der Waals surface area contributed by atoms with E-state index in [0.29, 0.717) is 6.10 Å². The molecule has 0 aromatic heterocycles. The molecular weight excluding hydrogens is 214 g/mol. The number of carbonyl (C=O) groups excluding carboxylic acids is 1. The third-order valence-corrected chi connectivity index (χ3v) is 3.16. The first-order valence-corrected chi connectivity index (χ1v) is 6.16. The molecule has 1 N–H and O–H groups in total. The predicted octanol–water partition coefficient (Wildman–Crippen LogP) is 2.33. The Balaban J connectivity index is 2.08. The van der Waals surface area contributed by atoms with E-state index in [-0.39, 0.29) is 5.78 Å². The number of aryl methyl sites for hydroxylation is 1.